The topological polar surface area (TPSA) is 79.3 Å². The van der Waals surface area contributed by atoms with Gasteiger partial charge in [-0.25, -0.2) is 13.4 Å². The SMILES string of the molecule is CCc1ccc(S(=O)(=O)Nc2cc(Sc3nc4ccccc4s3)c(O)c3ccccc23)s1. The van der Waals surface area contributed by atoms with E-state index in [4.69, 9.17) is 0 Å². The molecule has 0 atom stereocenters. The molecular weight excluding hydrogens is 481 g/mol. The zero-order chi connectivity index (χ0) is 22.3. The van der Waals surface area contributed by atoms with Gasteiger partial charge < -0.3 is 5.11 Å². The van der Waals surface area contributed by atoms with Gasteiger partial charge in [0.25, 0.3) is 10.0 Å². The van der Waals surface area contributed by atoms with Gasteiger partial charge in [0, 0.05) is 15.6 Å². The quantitative estimate of drug-likeness (QED) is 0.254. The van der Waals surface area contributed by atoms with Gasteiger partial charge >= 0.3 is 0 Å². The molecule has 0 aliphatic carbocycles. The summed E-state index contributed by atoms with van der Waals surface area (Å²) in [5, 5.41) is 12.2. The molecule has 9 heteroatoms. The molecule has 0 aliphatic heterocycles. The Morgan fingerprint density at radius 3 is 2.50 bits per heavy atom. The number of thiazole rings is 1. The molecule has 3 aromatic carbocycles. The monoisotopic (exact) mass is 498 g/mol. The first-order valence-corrected chi connectivity index (χ1v) is 13.8. The standard InChI is InChI=1S/C23H18N2O3S4/c1-2-14-11-12-21(29-14)32(27,28)25-18-13-20(22(26)16-8-4-3-7-15(16)18)31-23-24-17-9-5-6-10-19(17)30-23/h3-13,25-26H,2H2,1H3. The lowest BCUT2D eigenvalue weighted by atomic mass is 10.1. The molecule has 5 aromatic rings. The molecule has 0 saturated carbocycles. The van der Waals surface area contributed by atoms with Crippen molar-refractivity contribution in [3.63, 3.8) is 0 Å². The second-order valence-electron chi connectivity index (χ2n) is 7.05. The van der Waals surface area contributed by atoms with Crippen LogP contribution < -0.4 is 4.72 Å². The van der Waals surface area contributed by atoms with Crippen molar-refractivity contribution >= 4 is 71.1 Å². The number of anilines is 1. The molecule has 2 N–H and O–H groups in total. The van der Waals surface area contributed by atoms with Gasteiger partial charge in [0.15, 0.2) is 4.34 Å². The van der Waals surface area contributed by atoms with Gasteiger partial charge in [0.2, 0.25) is 0 Å². The Morgan fingerprint density at radius 1 is 1.00 bits per heavy atom. The average molecular weight is 499 g/mol. The first-order valence-electron chi connectivity index (χ1n) is 9.84. The van der Waals surface area contributed by atoms with Crippen LogP contribution in [0.3, 0.4) is 0 Å². The Balaban J connectivity index is 1.58. The van der Waals surface area contributed by atoms with E-state index < -0.39 is 10.0 Å². The summed E-state index contributed by atoms with van der Waals surface area (Å²) in [7, 11) is -3.75. The number of phenolic OH excluding ortho intramolecular Hbond substituents is 1. The molecule has 0 aliphatic rings. The van der Waals surface area contributed by atoms with E-state index in [1.165, 1.54) is 34.4 Å². The van der Waals surface area contributed by atoms with E-state index in [0.717, 1.165) is 25.9 Å². The number of aromatic hydroxyl groups is 1. The minimum absolute atomic E-state index is 0.109. The third kappa shape index (κ3) is 3.97. The third-order valence-corrected chi connectivity index (χ3v) is 10.2. The Morgan fingerprint density at radius 2 is 1.75 bits per heavy atom. The molecule has 0 unspecified atom stereocenters. The zero-order valence-electron chi connectivity index (χ0n) is 16.9. The maximum absolute atomic E-state index is 13.1. The number of thiophene rings is 1. The summed E-state index contributed by atoms with van der Waals surface area (Å²) in [5.74, 6) is 0.109. The lowest BCUT2D eigenvalue weighted by Gasteiger charge is -2.14. The highest BCUT2D eigenvalue weighted by Crippen LogP contribution is 2.44. The van der Waals surface area contributed by atoms with Crippen LogP contribution in [-0.2, 0) is 16.4 Å². The number of benzene rings is 3. The van der Waals surface area contributed by atoms with Gasteiger partial charge in [-0.05, 0) is 36.8 Å². The second-order valence-corrected chi connectivity index (χ2v) is 12.4. The summed E-state index contributed by atoms with van der Waals surface area (Å²) in [5.41, 5.74) is 1.32. The third-order valence-electron chi connectivity index (χ3n) is 4.95. The number of aryl methyl sites for hydroxylation is 1. The number of hydrogen-bond donors (Lipinski definition) is 2. The van der Waals surface area contributed by atoms with Gasteiger partial charge in [-0.15, -0.1) is 22.7 Å². The summed E-state index contributed by atoms with van der Waals surface area (Å²) in [6.07, 6.45) is 0.783. The Hall–Kier alpha value is -2.59. The highest BCUT2D eigenvalue weighted by atomic mass is 32.2. The van der Waals surface area contributed by atoms with Crippen LogP contribution >= 0.6 is 34.4 Å². The van der Waals surface area contributed by atoms with Crippen LogP contribution in [0.4, 0.5) is 5.69 Å². The summed E-state index contributed by atoms with van der Waals surface area (Å²) in [4.78, 5) is 6.18. The van der Waals surface area contributed by atoms with Crippen molar-refractivity contribution in [1.29, 1.82) is 0 Å². The maximum atomic E-state index is 13.1. The molecule has 2 aromatic heterocycles. The van der Waals surface area contributed by atoms with Crippen LogP contribution in [0.5, 0.6) is 5.75 Å². The lowest BCUT2D eigenvalue weighted by Crippen LogP contribution is -2.11. The summed E-state index contributed by atoms with van der Waals surface area (Å²) in [6.45, 7) is 1.99. The normalized spacial score (nSPS) is 11.9. The number of hydrogen-bond acceptors (Lipinski definition) is 7. The summed E-state index contributed by atoms with van der Waals surface area (Å²) >= 11 is 4.12. The molecule has 2 heterocycles. The van der Waals surface area contributed by atoms with Crippen LogP contribution in [0.15, 0.2) is 80.2 Å². The van der Waals surface area contributed by atoms with Crippen molar-refractivity contribution in [2.75, 3.05) is 4.72 Å². The van der Waals surface area contributed by atoms with E-state index in [0.29, 0.717) is 21.4 Å². The van der Waals surface area contributed by atoms with E-state index in [-0.39, 0.29) is 9.96 Å². The molecule has 0 amide bonds. The summed E-state index contributed by atoms with van der Waals surface area (Å²) in [6, 6.07) is 20.2. The van der Waals surface area contributed by atoms with Gasteiger partial charge in [0.05, 0.1) is 20.8 Å². The Kier molecular flexibility index (Phi) is 5.58. The molecule has 0 radical (unpaired) electrons. The van der Waals surface area contributed by atoms with Crippen LogP contribution in [0.25, 0.3) is 21.0 Å². The number of para-hydroxylation sites is 1. The number of aromatic nitrogens is 1. The van der Waals surface area contributed by atoms with Gasteiger partial charge in [-0.3, -0.25) is 4.72 Å². The fourth-order valence-electron chi connectivity index (χ4n) is 3.37. The maximum Gasteiger partial charge on any atom is 0.271 e. The summed E-state index contributed by atoms with van der Waals surface area (Å²) < 4.78 is 31.0. The molecule has 0 fully saturated rings. The minimum atomic E-state index is -3.75. The highest BCUT2D eigenvalue weighted by Gasteiger charge is 2.21. The van der Waals surface area contributed by atoms with Gasteiger partial charge in [-0.1, -0.05) is 55.1 Å². The molecule has 5 nitrogen and oxygen atoms in total. The van der Waals surface area contributed by atoms with Crippen molar-refractivity contribution in [2.24, 2.45) is 0 Å². The van der Waals surface area contributed by atoms with Gasteiger partial charge in [0.1, 0.15) is 9.96 Å². The molecule has 0 spiro atoms. The van der Waals surface area contributed by atoms with Crippen LogP contribution in [0.1, 0.15) is 11.8 Å². The molecule has 162 valence electrons. The number of nitrogens with zero attached hydrogens (tertiary/aromatic N) is 1. The van der Waals surface area contributed by atoms with Crippen molar-refractivity contribution < 1.29 is 13.5 Å². The molecule has 32 heavy (non-hydrogen) atoms. The predicted molar refractivity (Wildman–Crippen MR) is 134 cm³/mol. The Labute approximate surface area is 197 Å². The van der Waals surface area contributed by atoms with Crippen LogP contribution in [0, 0.1) is 0 Å². The number of sulfonamides is 1. The average Bonchev–Trinajstić information content (AvgIpc) is 3.44. The van der Waals surface area contributed by atoms with E-state index in [2.05, 4.69) is 9.71 Å². The van der Waals surface area contributed by atoms with Crippen molar-refractivity contribution in [1.82, 2.24) is 4.98 Å². The largest absolute Gasteiger partial charge is 0.506 e. The molecule has 5 rings (SSSR count). The fourth-order valence-corrected chi connectivity index (χ4v) is 7.86. The van der Waals surface area contributed by atoms with E-state index in [1.54, 1.807) is 24.3 Å². The number of fused-ring (bicyclic) bond motifs is 2. The van der Waals surface area contributed by atoms with E-state index in [1.807, 2.05) is 49.4 Å². The fraction of sp³-hybridized carbons (Fsp3) is 0.0870. The van der Waals surface area contributed by atoms with Crippen molar-refractivity contribution in [3.05, 3.63) is 71.6 Å². The smallest absolute Gasteiger partial charge is 0.271 e. The first kappa shape index (κ1) is 21.3. The second kappa shape index (κ2) is 8.40. The molecule has 0 saturated heterocycles. The number of rotatable bonds is 6. The first-order chi connectivity index (χ1) is 15.4. The minimum Gasteiger partial charge on any atom is -0.506 e. The molecular formula is C23H18N2O3S4. The van der Waals surface area contributed by atoms with E-state index in [9.17, 15) is 13.5 Å². The zero-order valence-corrected chi connectivity index (χ0v) is 20.2. The van der Waals surface area contributed by atoms with Crippen molar-refractivity contribution in [3.8, 4) is 5.75 Å². The van der Waals surface area contributed by atoms with Gasteiger partial charge in [-0.2, -0.15) is 0 Å². The predicted octanol–water partition coefficient (Wildman–Crippen LogP) is 6.73. The van der Waals surface area contributed by atoms with Crippen LogP contribution in [0.2, 0.25) is 0 Å². The number of nitrogens with one attached hydrogen (secondary N) is 1. The molecule has 0 bridgehead atoms. The highest BCUT2D eigenvalue weighted by molar-refractivity contribution is 8.01. The van der Waals surface area contributed by atoms with E-state index >= 15 is 0 Å². The number of phenols is 1. The van der Waals surface area contributed by atoms with Crippen molar-refractivity contribution in [2.45, 2.75) is 26.8 Å². The Bertz CT molecular complexity index is 1520. The lowest BCUT2D eigenvalue weighted by molar-refractivity contribution is 0.469. The van der Waals surface area contributed by atoms with Crippen LogP contribution in [-0.4, -0.2) is 18.5 Å².